The minimum Gasteiger partial charge on any atom is -0.464 e. The van der Waals surface area contributed by atoms with Crippen molar-refractivity contribution in [3.8, 4) is 0 Å². The highest BCUT2D eigenvalue weighted by Gasteiger charge is 2.26. The Kier molecular flexibility index (Phi) is 13.6. The SMILES string of the molecule is CCCCO/N=C(\CC[C@H](NC(=O)OC(C)(C)C)C(=O)OCCCC)C[SH](C)(C)=O. The molecular weight excluding hydrogens is 408 g/mol. The van der Waals surface area contributed by atoms with Crippen molar-refractivity contribution in [1.82, 2.24) is 5.32 Å². The Morgan fingerprint density at radius 2 is 1.67 bits per heavy atom. The summed E-state index contributed by atoms with van der Waals surface area (Å²) in [4.78, 5) is 30.0. The van der Waals surface area contributed by atoms with Gasteiger partial charge in [-0.2, -0.15) is 0 Å². The fourth-order valence-corrected chi connectivity index (χ4v) is 3.46. The van der Waals surface area contributed by atoms with Crippen LogP contribution in [0.1, 0.15) is 73.1 Å². The molecule has 0 aromatic heterocycles. The van der Waals surface area contributed by atoms with Crippen LogP contribution in [0.15, 0.2) is 5.16 Å². The Bertz CT molecular complexity index is 595. The quantitative estimate of drug-likeness (QED) is 0.138. The summed E-state index contributed by atoms with van der Waals surface area (Å²) in [6, 6.07) is -0.884. The average Bonchev–Trinajstić information content (AvgIpc) is 2.59. The molecule has 0 aliphatic rings. The Morgan fingerprint density at radius 3 is 2.20 bits per heavy atom. The predicted octanol–water partition coefficient (Wildman–Crippen LogP) is 3.45. The van der Waals surface area contributed by atoms with Crippen LogP contribution in [0, 0.1) is 0 Å². The lowest BCUT2D eigenvalue weighted by Crippen LogP contribution is -2.44. The first-order valence-corrected chi connectivity index (χ1v) is 13.5. The fraction of sp³-hybridized carbons (Fsp3) is 0.857. The highest BCUT2D eigenvalue weighted by Crippen LogP contribution is 2.10. The zero-order valence-electron chi connectivity index (χ0n) is 19.8. The highest BCUT2D eigenvalue weighted by molar-refractivity contribution is 8.02. The number of unbranched alkanes of at least 4 members (excludes halogenated alkanes) is 2. The van der Waals surface area contributed by atoms with E-state index in [1.54, 1.807) is 33.3 Å². The maximum atomic E-state index is 12.5. The summed E-state index contributed by atoms with van der Waals surface area (Å²) in [6.07, 6.45) is 6.78. The third-order valence-electron chi connectivity index (χ3n) is 3.79. The van der Waals surface area contributed by atoms with Gasteiger partial charge >= 0.3 is 12.1 Å². The van der Waals surface area contributed by atoms with E-state index in [1.807, 2.05) is 6.92 Å². The van der Waals surface area contributed by atoms with Crippen LogP contribution in [0.5, 0.6) is 0 Å². The summed E-state index contributed by atoms with van der Waals surface area (Å²) in [7, 11) is -2.38. The number of carbonyl (C=O) groups is 2. The molecule has 1 N–H and O–H groups in total. The first kappa shape index (κ1) is 28.4. The molecule has 178 valence electrons. The number of nitrogens with zero attached hydrogens (tertiary/aromatic N) is 1. The second-order valence-corrected chi connectivity index (χ2v) is 12.3. The molecule has 9 heteroatoms. The topological polar surface area (TPSA) is 103 Å². The zero-order chi connectivity index (χ0) is 23.2. The van der Waals surface area contributed by atoms with Gasteiger partial charge in [-0.05, 0) is 59.0 Å². The number of rotatable bonds is 14. The molecule has 1 atom stereocenters. The van der Waals surface area contributed by atoms with Crippen molar-refractivity contribution in [3.63, 3.8) is 0 Å². The minimum atomic E-state index is -2.38. The van der Waals surface area contributed by atoms with Crippen LogP contribution in [-0.2, 0) is 29.0 Å². The van der Waals surface area contributed by atoms with Gasteiger partial charge in [0.25, 0.3) is 0 Å². The molecule has 0 heterocycles. The van der Waals surface area contributed by atoms with Crippen LogP contribution in [-0.4, -0.2) is 65.1 Å². The normalized spacial score (nSPS) is 14.0. The largest absolute Gasteiger partial charge is 0.464 e. The summed E-state index contributed by atoms with van der Waals surface area (Å²) >= 11 is 0. The highest BCUT2D eigenvalue weighted by atomic mass is 32.2. The van der Waals surface area contributed by atoms with Gasteiger partial charge < -0.3 is 19.6 Å². The van der Waals surface area contributed by atoms with Crippen molar-refractivity contribution in [2.24, 2.45) is 5.16 Å². The zero-order valence-corrected chi connectivity index (χ0v) is 20.7. The van der Waals surface area contributed by atoms with Gasteiger partial charge in [-0.25, -0.2) is 9.59 Å². The van der Waals surface area contributed by atoms with Crippen molar-refractivity contribution >= 4 is 27.7 Å². The van der Waals surface area contributed by atoms with Crippen LogP contribution in [0.2, 0.25) is 0 Å². The Morgan fingerprint density at radius 1 is 1.07 bits per heavy atom. The molecule has 0 saturated heterocycles. The molecule has 0 fully saturated rings. The van der Waals surface area contributed by atoms with Gasteiger partial charge in [-0.3, -0.25) is 4.21 Å². The first-order chi connectivity index (χ1) is 13.9. The van der Waals surface area contributed by atoms with Crippen molar-refractivity contribution in [2.45, 2.75) is 84.8 Å². The number of carbonyl (C=O) groups excluding carboxylic acids is 2. The molecule has 0 saturated carbocycles. The first-order valence-electron chi connectivity index (χ1n) is 10.8. The lowest BCUT2D eigenvalue weighted by atomic mass is 10.1. The third kappa shape index (κ3) is 16.2. The predicted molar refractivity (Wildman–Crippen MR) is 123 cm³/mol. The summed E-state index contributed by atoms with van der Waals surface area (Å²) in [5.41, 5.74) is -0.0749. The van der Waals surface area contributed by atoms with Crippen molar-refractivity contribution in [1.29, 1.82) is 0 Å². The molecule has 1 amide bonds. The number of ether oxygens (including phenoxy) is 2. The number of alkyl carbamates (subject to hydrolysis) is 1. The van der Waals surface area contributed by atoms with E-state index in [4.69, 9.17) is 14.3 Å². The maximum Gasteiger partial charge on any atom is 0.408 e. The van der Waals surface area contributed by atoms with E-state index >= 15 is 0 Å². The lowest BCUT2D eigenvalue weighted by molar-refractivity contribution is -0.146. The number of thiol groups is 1. The van der Waals surface area contributed by atoms with Gasteiger partial charge in [0, 0.05) is 5.75 Å². The van der Waals surface area contributed by atoms with E-state index in [1.165, 1.54) is 0 Å². The molecule has 0 aromatic rings. The lowest BCUT2D eigenvalue weighted by Gasteiger charge is -2.23. The number of hydrogen-bond acceptors (Lipinski definition) is 7. The van der Waals surface area contributed by atoms with E-state index in [0.717, 1.165) is 25.7 Å². The molecule has 0 aliphatic carbocycles. The monoisotopic (exact) mass is 450 g/mol. The van der Waals surface area contributed by atoms with E-state index < -0.39 is 33.6 Å². The van der Waals surface area contributed by atoms with Crippen LogP contribution in [0.4, 0.5) is 4.79 Å². The second kappa shape index (κ2) is 14.4. The minimum absolute atomic E-state index is 0.250. The Labute approximate surface area is 182 Å². The third-order valence-corrected chi connectivity index (χ3v) is 4.91. The number of oxime groups is 1. The van der Waals surface area contributed by atoms with Crippen LogP contribution in [0.25, 0.3) is 0 Å². The second-order valence-electron chi connectivity index (χ2n) is 8.83. The fourth-order valence-electron chi connectivity index (χ4n) is 2.37. The van der Waals surface area contributed by atoms with Crippen molar-refractivity contribution in [3.05, 3.63) is 0 Å². The number of nitrogens with one attached hydrogen (secondary N) is 1. The van der Waals surface area contributed by atoms with E-state index in [0.29, 0.717) is 31.1 Å². The molecule has 0 spiro atoms. The van der Waals surface area contributed by atoms with Gasteiger partial charge in [-0.15, -0.1) is 9.93 Å². The molecular formula is C21H42N2O6S. The van der Waals surface area contributed by atoms with E-state index in [-0.39, 0.29) is 6.42 Å². The summed E-state index contributed by atoms with van der Waals surface area (Å²) in [5, 5.41) is 6.73. The van der Waals surface area contributed by atoms with Crippen LogP contribution in [0.3, 0.4) is 0 Å². The molecule has 0 aliphatic heterocycles. The number of hydrogen-bond donors (Lipinski definition) is 2. The average molecular weight is 451 g/mol. The maximum absolute atomic E-state index is 12.5. The standard InChI is InChI=1S/C21H42N2O6S/c1-8-10-14-27-19(24)18(22-20(25)29-21(3,4)5)13-12-17(16-30(6,7)26)23-28-15-11-9-2/h18,30H,8-16H2,1-7H3,(H,22,25)/b23-17+/t18-/m0/s1. The van der Waals surface area contributed by atoms with Gasteiger partial charge in [0.05, 0.1) is 12.3 Å². The van der Waals surface area contributed by atoms with Crippen LogP contribution >= 0.6 is 0 Å². The van der Waals surface area contributed by atoms with Gasteiger partial charge in [-0.1, -0.05) is 31.8 Å². The van der Waals surface area contributed by atoms with Gasteiger partial charge in [0.15, 0.2) is 0 Å². The number of amides is 1. The smallest absolute Gasteiger partial charge is 0.408 e. The Balaban J connectivity index is 5.17. The van der Waals surface area contributed by atoms with E-state index in [9.17, 15) is 13.8 Å². The van der Waals surface area contributed by atoms with Crippen LogP contribution < -0.4 is 5.32 Å². The van der Waals surface area contributed by atoms with Crippen molar-refractivity contribution < 1.29 is 28.1 Å². The van der Waals surface area contributed by atoms with Gasteiger partial charge in [0.1, 0.15) is 18.2 Å². The molecule has 0 radical (unpaired) electrons. The molecule has 0 rings (SSSR count). The molecule has 8 nitrogen and oxygen atoms in total. The summed E-state index contributed by atoms with van der Waals surface area (Å²) in [6.45, 7) is 10.1. The van der Waals surface area contributed by atoms with Gasteiger partial charge in [0.2, 0.25) is 0 Å². The molecule has 30 heavy (non-hydrogen) atoms. The summed E-state index contributed by atoms with van der Waals surface area (Å²) in [5.74, 6) is -0.222. The summed E-state index contributed by atoms with van der Waals surface area (Å²) < 4.78 is 22.8. The molecule has 0 bridgehead atoms. The molecule has 0 unspecified atom stereocenters. The Hall–Kier alpha value is -1.64. The molecule has 0 aromatic carbocycles. The van der Waals surface area contributed by atoms with Crippen molar-refractivity contribution in [2.75, 3.05) is 31.5 Å². The number of esters is 1. The van der Waals surface area contributed by atoms with E-state index in [2.05, 4.69) is 17.4 Å².